The maximum Gasteiger partial charge on any atom is 0.316 e. The average Bonchev–Trinajstić information content (AvgIpc) is 3.83. The lowest BCUT2D eigenvalue weighted by Gasteiger charge is -2.38. The van der Waals surface area contributed by atoms with Gasteiger partial charge in [0.2, 0.25) is 17.7 Å². The van der Waals surface area contributed by atoms with Gasteiger partial charge in [-0.05, 0) is 80.6 Å². The maximum absolute atomic E-state index is 14.3. The molecule has 2 aromatic rings. The number of carboxylic acid groups (broad SMARTS) is 1. The number of aromatic nitrogens is 1. The number of hydrogen-bond donors (Lipinski definition) is 4. The van der Waals surface area contributed by atoms with Gasteiger partial charge in [-0.1, -0.05) is 53.5 Å². The Bertz CT molecular complexity index is 2390. The first-order valence-electron chi connectivity index (χ1n) is 23.7. The van der Waals surface area contributed by atoms with E-state index in [-0.39, 0.29) is 90.6 Å². The van der Waals surface area contributed by atoms with Crippen molar-refractivity contribution in [3.63, 3.8) is 0 Å². The summed E-state index contributed by atoms with van der Waals surface area (Å²) in [4.78, 5) is 126. The van der Waals surface area contributed by atoms with Gasteiger partial charge in [-0.3, -0.25) is 48.1 Å². The molecule has 2 aliphatic heterocycles. The van der Waals surface area contributed by atoms with E-state index in [2.05, 4.69) is 20.9 Å². The molecular weight excluding hydrogens is 937 g/mol. The summed E-state index contributed by atoms with van der Waals surface area (Å²) < 4.78 is 11.3. The van der Waals surface area contributed by atoms with Gasteiger partial charge < -0.3 is 35.4 Å². The van der Waals surface area contributed by atoms with E-state index in [1.54, 1.807) is 18.0 Å². The minimum absolute atomic E-state index is 0.0347. The minimum atomic E-state index is -1.11. The van der Waals surface area contributed by atoms with Gasteiger partial charge in [0.1, 0.15) is 16.7 Å². The van der Waals surface area contributed by atoms with Crippen LogP contribution in [0.15, 0.2) is 23.6 Å². The van der Waals surface area contributed by atoms with Crippen molar-refractivity contribution in [2.45, 2.75) is 130 Å². The van der Waals surface area contributed by atoms with Crippen LogP contribution in [0, 0.1) is 42.4 Å². The molecule has 6 amide bonds. The zero-order valence-corrected chi connectivity index (χ0v) is 42.5. The highest BCUT2D eigenvalue weighted by Gasteiger charge is 2.38. The number of aliphatic carboxylic acids is 1. The molecule has 4 rings (SSSR count). The van der Waals surface area contributed by atoms with Gasteiger partial charge in [-0.2, -0.15) is 0 Å². The molecule has 1 saturated heterocycles. The Kier molecular flexibility index (Phi) is 21.1. The molecule has 20 nitrogen and oxygen atoms in total. The average molecular weight is 1000 g/mol. The zero-order chi connectivity index (χ0) is 52.7. The number of likely N-dealkylation sites (tertiary alicyclic amines) is 1. The predicted octanol–water partition coefficient (Wildman–Crippen LogP) is 3.56. The van der Waals surface area contributed by atoms with E-state index in [0.29, 0.717) is 18.4 Å². The Morgan fingerprint density at radius 1 is 0.986 bits per heavy atom. The highest BCUT2D eigenvalue weighted by molar-refractivity contribution is 7.09. The molecule has 1 fully saturated rings. The number of terminal acetylenes is 2. The highest BCUT2D eigenvalue weighted by Crippen LogP contribution is 2.32. The lowest BCUT2D eigenvalue weighted by atomic mass is 9.92. The van der Waals surface area contributed by atoms with E-state index in [1.807, 2.05) is 51.5 Å². The third-order valence-electron chi connectivity index (χ3n) is 12.8. The van der Waals surface area contributed by atoms with Crippen molar-refractivity contribution in [3.05, 3.63) is 39.8 Å². The number of anilines is 1. The monoisotopic (exact) mass is 1000 g/mol. The quantitative estimate of drug-likeness (QED) is 0.0947. The number of nitrogens with zero attached hydrogens (tertiary/aromatic N) is 5. The molecule has 0 aliphatic carbocycles. The van der Waals surface area contributed by atoms with Crippen molar-refractivity contribution >= 4 is 70.4 Å². The standard InChI is InChI=1S/C50H66N8O12S/c1-11-30(6)45(54-47(65)37-16-14-15-21-55(37)9)49(66)56(10)38(29(4)5)27-40(69-32(8)59)48-53-36(28-71-48)46(64)51-34(24-31(7)50(67)68)25-33-17-18-39-35(26-33)52-41(60)19-22-57(42(61)12-2)58(43(62)13-3)23-20-44(63)70-39/h2-3,17-18,26,28-31,34,37-38,40,45H,11,14-16,19-25,27H2,1,4-10H3,(H,51,64)(H,52,60)(H,54,65)(H,67,68)/t30-,31?,34-,37+,38+,40+,45-/m0/s1. The van der Waals surface area contributed by atoms with Gasteiger partial charge in [0.15, 0.2) is 11.9 Å². The van der Waals surface area contributed by atoms with Gasteiger partial charge >= 0.3 is 29.7 Å². The Morgan fingerprint density at radius 2 is 1.65 bits per heavy atom. The number of ether oxygens (including phenoxy) is 2. The normalized spacial score (nSPS) is 18.2. The molecule has 1 aromatic carbocycles. The van der Waals surface area contributed by atoms with Gasteiger partial charge in [0, 0.05) is 44.3 Å². The molecule has 4 N–H and O–H groups in total. The first-order valence-corrected chi connectivity index (χ1v) is 24.6. The highest BCUT2D eigenvalue weighted by atomic mass is 32.1. The summed E-state index contributed by atoms with van der Waals surface area (Å²) >= 11 is 1.07. The summed E-state index contributed by atoms with van der Waals surface area (Å²) in [5.74, 6) is -3.82. The van der Waals surface area contributed by atoms with Crippen LogP contribution in [-0.4, -0.2) is 141 Å². The lowest BCUT2D eigenvalue weighted by Crippen LogP contribution is -2.58. The second kappa shape index (κ2) is 26.4. The number of carbonyl (C=O) groups excluding carboxylic acids is 8. The molecule has 21 heteroatoms. The smallest absolute Gasteiger partial charge is 0.316 e. The zero-order valence-electron chi connectivity index (χ0n) is 41.7. The predicted molar refractivity (Wildman–Crippen MR) is 262 cm³/mol. The molecular formula is C50H66N8O12S. The van der Waals surface area contributed by atoms with Crippen LogP contribution in [-0.2, 0) is 49.5 Å². The summed E-state index contributed by atoms with van der Waals surface area (Å²) in [7, 11) is 3.58. The Morgan fingerprint density at radius 3 is 2.24 bits per heavy atom. The largest absolute Gasteiger partial charge is 0.481 e. The third-order valence-corrected chi connectivity index (χ3v) is 13.7. The molecule has 0 spiro atoms. The van der Waals surface area contributed by atoms with Crippen LogP contribution in [0.3, 0.4) is 0 Å². The molecule has 71 heavy (non-hydrogen) atoms. The Labute approximate surface area is 418 Å². The molecule has 2 aliphatic rings. The number of amides is 6. The number of thiazole rings is 1. The topological polar surface area (TPSA) is 254 Å². The van der Waals surface area contributed by atoms with Crippen LogP contribution in [0.1, 0.15) is 120 Å². The van der Waals surface area contributed by atoms with Crippen LogP contribution < -0.4 is 20.7 Å². The van der Waals surface area contributed by atoms with E-state index in [1.165, 1.54) is 31.4 Å². The van der Waals surface area contributed by atoms with E-state index in [0.717, 1.165) is 40.7 Å². The first kappa shape index (κ1) is 56.7. The molecule has 0 radical (unpaired) electrons. The number of hydrazine groups is 1. The number of esters is 2. The number of rotatable bonds is 18. The molecule has 7 atom stereocenters. The van der Waals surface area contributed by atoms with Crippen LogP contribution in [0.5, 0.6) is 5.75 Å². The van der Waals surface area contributed by atoms with Crippen molar-refractivity contribution in [1.82, 2.24) is 35.4 Å². The van der Waals surface area contributed by atoms with Crippen molar-refractivity contribution in [1.29, 1.82) is 0 Å². The Balaban J connectivity index is 1.57. The number of carboxylic acids is 1. The molecule has 3 heterocycles. The second-order valence-electron chi connectivity index (χ2n) is 18.4. The second-order valence-corrected chi connectivity index (χ2v) is 19.3. The Hall–Kier alpha value is -6.84. The lowest BCUT2D eigenvalue weighted by molar-refractivity contribution is -0.158. The molecule has 384 valence electrons. The van der Waals surface area contributed by atoms with Gasteiger partial charge in [-0.25, -0.2) is 15.0 Å². The fraction of sp³-hybridized carbons (Fsp3) is 0.560. The van der Waals surface area contributed by atoms with Crippen LogP contribution >= 0.6 is 11.3 Å². The number of nitrogens with one attached hydrogen (secondary N) is 3. The van der Waals surface area contributed by atoms with Crippen LogP contribution in [0.2, 0.25) is 0 Å². The van der Waals surface area contributed by atoms with Crippen molar-refractivity contribution in [3.8, 4) is 30.4 Å². The summed E-state index contributed by atoms with van der Waals surface area (Å²) in [6.45, 7) is 10.5. The van der Waals surface area contributed by atoms with E-state index in [4.69, 9.17) is 22.3 Å². The number of piperidine rings is 1. The summed E-state index contributed by atoms with van der Waals surface area (Å²) in [5, 5.41) is 21.8. The minimum Gasteiger partial charge on any atom is -0.481 e. The number of carbonyl (C=O) groups is 9. The molecule has 1 aromatic heterocycles. The van der Waals surface area contributed by atoms with Crippen molar-refractivity contribution in [2.24, 2.45) is 17.8 Å². The van der Waals surface area contributed by atoms with Gasteiger partial charge in [0.05, 0.1) is 37.2 Å². The number of benzene rings is 1. The fourth-order valence-corrected chi connectivity index (χ4v) is 9.36. The first-order chi connectivity index (χ1) is 33.6. The van der Waals surface area contributed by atoms with E-state index >= 15 is 0 Å². The third kappa shape index (κ3) is 15.8. The molecule has 0 bridgehead atoms. The fourth-order valence-electron chi connectivity index (χ4n) is 8.52. The van der Waals surface area contributed by atoms with E-state index in [9.17, 15) is 48.3 Å². The molecule has 0 saturated carbocycles. The summed E-state index contributed by atoms with van der Waals surface area (Å²) in [6, 6.07) is 2.03. The number of likely N-dealkylation sites (N-methyl/N-ethyl adjacent to an activating group) is 2. The SMILES string of the molecule is C#CC(=O)N1CCC(=O)Nc2cc(C[C@H](CC(C)C(=O)O)NC(=O)c3csc([C@@H](C[C@H](C(C)C)N(C)C(=O)[C@@H](NC(=O)[C@H]4CCCCN4C)[C@@H](C)CC)OC(C)=O)n3)ccc2OC(=O)CCN1C(=O)C#C. The number of hydrogen-bond acceptors (Lipinski definition) is 14. The van der Waals surface area contributed by atoms with Crippen molar-refractivity contribution < 1.29 is 57.7 Å². The molecule has 1 unspecified atom stereocenters. The number of fused-ring (bicyclic) bond motifs is 1. The van der Waals surface area contributed by atoms with Crippen LogP contribution in [0.25, 0.3) is 0 Å². The summed E-state index contributed by atoms with van der Waals surface area (Å²) in [6.07, 6.45) is 12.2. The maximum atomic E-state index is 14.3. The van der Waals surface area contributed by atoms with Gasteiger partial charge in [0.25, 0.3) is 5.91 Å². The van der Waals surface area contributed by atoms with Gasteiger partial charge in [-0.15, -0.1) is 24.2 Å². The van der Waals surface area contributed by atoms with E-state index < -0.39 is 78.1 Å². The summed E-state index contributed by atoms with van der Waals surface area (Å²) in [5.41, 5.74) is 0.516. The van der Waals surface area contributed by atoms with Crippen LogP contribution in [0.4, 0.5) is 5.69 Å². The van der Waals surface area contributed by atoms with Crippen molar-refractivity contribution in [2.75, 3.05) is 39.0 Å².